The van der Waals surface area contributed by atoms with Crippen LogP contribution in [0.5, 0.6) is 0 Å². The zero-order valence-corrected chi connectivity index (χ0v) is 6.96. The molecule has 0 aromatic carbocycles. The molecule has 0 saturated carbocycles. The third-order valence-corrected chi connectivity index (χ3v) is 1.27. The Bertz CT molecular complexity index is 157. The molecule has 4 heteroatoms. The van der Waals surface area contributed by atoms with Crippen LogP contribution in [0.1, 0.15) is 13.3 Å². The van der Waals surface area contributed by atoms with Gasteiger partial charge < -0.3 is 5.73 Å². The van der Waals surface area contributed by atoms with E-state index in [-0.39, 0.29) is 18.2 Å². The number of hydrogen-bond acceptors (Lipinski definition) is 3. The van der Waals surface area contributed by atoms with Gasteiger partial charge >= 0.3 is 0 Å². The topological polar surface area (TPSA) is 63.4 Å². The van der Waals surface area contributed by atoms with Gasteiger partial charge in [0.2, 0.25) is 5.91 Å². The minimum atomic E-state index is -0.365. The quantitative estimate of drug-likeness (QED) is 0.580. The van der Waals surface area contributed by atoms with E-state index in [0.717, 1.165) is 0 Å². The van der Waals surface area contributed by atoms with Crippen molar-refractivity contribution in [1.29, 1.82) is 0 Å². The highest BCUT2D eigenvalue weighted by molar-refractivity contribution is 5.77. The smallest absolute Gasteiger partial charge is 0.231 e. The Labute approximate surface area is 66.4 Å². The fourth-order valence-corrected chi connectivity index (χ4v) is 0.693. The molecule has 0 spiro atoms. The van der Waals surface area contributed by atoms with E-state index in [2.05, 4.69) is 0 Å². The number of nitrogens with zero attached hydrogens (tertiary/aromatic N) is 1. The minimum absolute atomic E-state index is 0.126. The molecule has 0 bridgehead atoms. The number of nitrogens with two attached hydrogens (primary N) is 1. The normalized spacial score (nSPS) is 10.1. The predicted molar refractivity (Wildman–Crippen MR) is 42.0 cm³/mol. The second kappa shape index (κ2) is 4.85. The van der Waals surface area contributed by atoms with Gasteiger partial charge in [-0.25, -0.2) is 0 Å². The van der Waals surface area contributed by atoms with E-state index < -0.39 is 0 Å². The zero-order valence-electron chi connectivity index (χ0n) is 6.96. The first-order valence-corrected chi connectivity index (χ1v) is 3.48. The number of likely N-dealkylation sites (N-methyl/N-ethyl adjacent to an activating group) is 1. The molecular weight excluding hydrogens is 144 g/mol. The zero-order chi connectivity index (χ0) is 8.85. The average Bonchev–Trinajstić information content (AvgIpc) is 1.82. The van der Waals surface area contributed by atoms with Gasteiger partial charge in [-0.3, -0.25) is 14.5 Å². The molecule has 0 aliphatic heterocycles. The predicted octanol–water partition coefficient (Wildman–Crippen LogP) is -0.617. The summed E-state index contributed by atoms with van der Waals surface area (Å²) in [6, 6.07) is 0. The Morgan fingerprint density at radius 3 is 2.36 bits per heavy atom. The van der Waals surface area contributed by atoms with Crippen LogP contribution < -0.4 is 5.73 Å². The Morgan fingerprint density at radius 2 is 2.00 bits per heavy atom. The van der Waals surface area contributed by atoms with E-state index in [1.165, 1.54) is 6.92 Å². The molecule has 1 amide bonds. The summed E-state index contributed by atoms with van der Waals surface area (Å²) in [6.07, 6.45) is 0.476. The molecule has 0 unspecified atom stereocenters. The number of ketones is 1. The highest BCUT2D eigenvalue weighted by Gasteiger charge is 2.02. The van der Waals surface area contributed by atoms with Gasteiger partial charge in [-0.2, -0.15) is 0 Å². The van der Waals surface area contributed by atoms with Crippen LogP contribution in [0.2, 0.25) is 0 Å². The Balaban J connectivity index is 3.44. The first kappa shape index (κ1) is 10.1. The number of rotatable bonds is 5. The third-order valence-electron chi connectivity index (χ3n) is 1.27. The molecule has 0 radical (unpaired) electrons. The van der Waals surface area contributed by atoms with Gasteiger partial charge in [-0.05, 0) is 14.0 Å². The molecule has 0 aliphatic carbocycles. The summed E-state index contributed by atoms with van der Waals surface area (Å²) >= 11 is 0. The highest BCUT2D eigenvalue weighted by Crippen LogP contribution is 1.87. The largest absolute Gasteiger partial charge is 0.369 e. The highest BCUT2D eigenvalue weighted by atomic mass is 16.1. The van der Waals surface area contributed by atoms with Crippen molar-refractivity contribution in [1.82, 2.24) is 4.90 Å². The monoisotopic (exact) mass is 158 g/mol. The average molecular weight is 158 g/mol. The molecule has 0 rings (SSSR count). The molecule has 4 nitrogen and oxygen atoms in total. The van der Waals surface area contributed by atoms with Gasteiger partial charge in [0.05, 0.1) is 6.54 Å². The van der Waals surface area contributed by atoms with Gasteiger partial charge in [0.15, 0.2) is 0 Å². The number of amides is 1. The molecule has 0 saturated heterocycles. The van der Waals surface area contributed by atoms with Crippen LogP contribution in [0.25, 0.3) is 0 Å². The first-order chi connectivity index (χ1) is 5.02. The van der Waals surface area contributed by atoms with Gasteiger partial charge in [0.1, 0.15) is 5.78 Å². The van der Waals surface area contributed by atoms with E-state index in [1.807, 2.05) is 0 Å². The molecule has 64 valence electrons. The Hall–Kier alpha value is -0.900. The summed E-state index contributed by atoms with van der Waals surface area (Å²) in [5.41, 5.74) is 4.93. The van der Waals surface area contributed by atoms with Crippen molar-refractivity contribution in [2.24, 2.45) is 5.73 Å². The molecule has 0 aliphatic rings. The van der Waals surface area contributed by atoms with Crippen molar-refractivity contribution in [3.05, 3.63) is 0 Å². The van der Waals surface area contributed by atoms with Crippen LogP contribution in [0.4, 0.5) is 0 Å². The molecule has 0 fully saturated rings. The summed E-state index contributed by atoms with van der Waals surface area (Å²) in [5, 5.41) is 0. The van der Waals surface area contributed by atoms with Crippen LogP contribution in [0.15, 0.2) is 0 Å². The summed E-state index contributed by atoms with van der Waals surface area (Å²) in [7, 11) is 1.76. The van der Waals surface area contributed by atoms with E-state index in [0.29, 0.717) is 13.0 Å². The lowest BCUT2D eigenvalue weighted by atomic mass is 10.3. The van der Waals surface area contributed by atoms with Crippen molar-refractivity contribution in [3.8, 4) is 0 Å². The summed E-state index contributed by atoms with van der Waals surface area (Å²) < 4.78 is 0. The number of hydrogen-bond donors (Lipinski definition) is 1. The van der Waals surface area contributed by atoms with Crippen molar-refractivity contribution in [2.45, 2.75) is 13.3 Å². The van der Waals surface area contributed by atoms with Crippen molar-refractivity contribution < 1.29 is 9.59 Å². The summed E-state index contributed by atoms with van der Waals surface area (Å²) in [5.74, 6) is -0.239. The molecule has 0 aromatic heterocycles. The SMILES string of the molecule is CC(=O)CCN(C)CC(N)=O. The van der Waals surface area contributed by atoms with Gasteiger partial charge in [-0.1, -0.05) is 0 Å². The maximum Gasteiger partial charge on any atom is 0.231 e. The Morgan fingerprint density at radius 1 is 1.45 bits per heavy atom. The van der Waals surface area contributed by atoms with Crippen molar-refractivity contribution in [2.75, 3.05) is 20.1 Å². The minimum Gasteiger partial charge on any atom is -0.369 e. The summed E-state index contributed by atoms with van der Waals surface area (Å²) in [4.78, 5) is 22.6. The lowest BCUT2D eigenvalue weighted by Gasteiger charge is -2.12. The molecule has 0 heterocycles. The maximum atomic E-state index is 10.5. The maximum absolute atomic E-state index is 10.5. The molecule has 2 N–H and O–H groups in total. The summed E-state index contributed by atoms with van der Waals surface area (Å²) in [6.45, 7) is 2.34. The van der Waals surface area contributed by atoms with E-state index >= 15 is 0 Å². The third kappa shape index (κ3) is 6.99. The number of Topliss-reactive ketones (excluding diaryl/α,β-unsaturated/α-hetero) is 1. The lowest BCUT2D eigenvalue weighted by Crippen LogP contribution is -2.31. The van der Waals surface area contributed by atoms with E-state index in [9.17, 15) is 9.59 Å². The fourth-order valence-electron chi connectivity index (χ4n) is 0.693. The van der Waals surface area contributed by atoms with Crippen LogP contribution in [0.3, 0.4) is 0 Å². The molecule has 0 aromatic rings. The second-order valence-corrected chi connectivity index (χ2v) is 2.66. The number of carbonyl (C=O) groups excluding carboxylic acids is 2. The lowest BCUT2D eigenvalue weighted by molar-refractivity contribution is -0.120. The van der Waals surface area contributed by atoms with Crippen LogP contribution in [0, 0.1) is 0 Å². The number of carbonyl (C=O) groups is 2. The van der Waals surface area contributed by atoms with Gasteiger partial charge in [0, 0.05) is 13.0 Å². The number of primary amides is 1. The Kier molecular flexibility index (Phi) is 4.45. The van der Waals surface area contributed by atoms with E-state index in [1.54, 1.807) is 11.9 Å². The van der Waals surface area contributed by atoms with E-state index in [4.69, 9.17) is 5.73 Å². The molecule has 0 atom stereocenters. The molecular formula is C7H14N2O2. The van der Waals surface area contributed by atoms with Crippen LogP contribution in [-0.2, 0) is 9.59 Å². The van der Waals surface area contributed by atoms with Gasteiger partial charge in [-0.15, -0.1) is 0 Å². The second-order valence-electron chi connectivity index (χ2n) is 2.66. The van der Waals surface area contributed by atoms with Crippen LogP contribution in [-0.4, -0.2) is 36.7 Å². The fraction of sp³-hybridized carbons (Fsp3) is 0.714. The first-order valence-electron chi connectivity index (χ1n) is 3.48. The van der Waals surface area contributed by atoms with Gasteiger partial charge in [0.25, 0.3) is 0 Å². The van der Waals surface area contributed by atoms with Crippen molar-refractivity contribution >= 4 is 11.7 Å². The standard InChI is InChI=1S/C7H14N2O2/c1-6(10)3-4-9(2)5-7(8)11/h3-5H2,1-2H3,(H2,8,11). The molecule has 11 heavy (non-hydrogen) atoms. The van der Waals surface area contributed by atoms with Crippen molar-refractivity contribution in [3.63, 3.8) is 0 Å². The van der Waals surface area contributed by atoms with Crippen LogP contribution >= 0.6 is 0 Å².